The SMILES string of the molecule is O=C(NC(c1c[nH]c2ccccc12)(C(F)(F)F)C(F)(F)F)C1CCCC1. The Labute approximate surface area is 144 Å². The third-order valence-electron chi connectivity index (χ3n) is 4.88. The van der Waals surface area contributed by atoms with Crippen LogP contribution in [0.3, 0.4) is 0 Å². The van der Waals surface area contributed by atoms with Crippen LogP contribution in [0.5, 0.6) is 0 Å². The van der Waals surface area contributed by atoms with Crippen molar-refractivity contribution in [3.63, 3.8) is 0 Å². The molecular weight excluding hydrogens is 362 g/mol. The van der Waals surface area contributed by atoms with Gasteiger partial charge in [0.2, 0.25) is 5.91 Å². The number of amides is 1. The molecule has 2 N–H and O–H groups in total. The van der Waals surface area contributed by atoms with Crippen LogP contribution in [0.4, 0.5) is 26.3 Å². The average molecular weight is 378 g/mol. The summed E-state index contributed by atoms with van der Waals surface area (Å²) in [5, 5.41) is 1.10. The van der Waals surface area contributed by atoms with Gasteiger partial charge in [0, 0.05) is 28.6 Å². The van der Waals surface area contributed by atoms with Crippen LogP contribution in [-0.2, 0) is 10.3 Å². The van der Waals surface area contributed by atoms with E-state index in [0.29, 0.717) is 19.0 Å². The summed E-state index contributed by atoms with van der Waals surface area (Å²) in [6, 6.07) is 5.36. The molecule has 1 fully saturated rings. The van der Waals surface area contributed by atoms with E-state index in [2.05, 4.69) is 4.98 Å². The van der Waals surface area contributed by atoms with Gasteiger partial charge in [-0.2, -0.15) is 26.3 Å². The number of nitrogens with one attached hydrogen (secondary N) is 2. The van der Waals surface area contributed by atoms with Crippen molar-refractivity contribution < 1.29 is 31.1 Å². The molecule has 1 aliphatic rings. The molecule has 1 aromatic carbocycles. The average Bonchev–Trinajstić information content (AvgIpc) is 3.20. The zero-order valence-corrected chi connectivity index (χ0v) is 13.5. The van der Waals surface area contributed by atoms with E-state index in [9.17, 15) is 31.1 Å². The highest BCUT2D eigenvalue weighted by Crippen LogP contribution is 2.52. The normalized spacial score (nSPS) is 17.0. The summed E-state index contributed by atoms with van der Waals surface area (Å²) < 4.78 is 83.2. The minimum atomic E-state index is -5.77. The highest BCUT2D eigenvalue weighted by Gasteiger charge is 2.73. The molecule has 0 aliphatic heterocycles. The van der Waals surface area contributed by atoms with E-state index in [4.69, 9.17) is 0 Å². The molecular formula is C17H16F6N2O. The molecule has 1 saturated carbocycles. The van der Waals surface area contributed by atoms with E-state index >= 15 is 0 Å². The van der Waals surface area contributed by atoms with Gasteiger partial charge in [-0.3, -0.25) is 4.79 Å². The lowest BCUT2D eigenvalue weighted by molar-refractivity contribution is -0.311. The minimum absolute atomic E-state index is 0.121. The molecule has 0 spiro atoms. The molecule has 2 aromatic rings. The predicted molar refractivity (Wildman–Crippen MR) is 82.2 cm³/mol. The van der Waals surface area contributed by atoms with Gasteiger partial charge in [-0.25, -0.2) is 0 Å². The van der Waals surface area contributed by atoms with E-state index in [-0.39, 0.29) is 23.7 Å². The van der Waals surface area contributed by atoms with E-state index in [0.717, 1.165) is 6.07 Å². The van der Waals surface area contributed by atoms with Crippen molar-refractivity contribution in [1.29, 1.82) is 0 Å². The molecule has 142 valence electrons. The molecule has 0 bridgehead atoms. The molecule has 0 radical (unpaired) electrons. The van der Waals surface area contributed by atoms with Gasteiger partial charge < -0.3 is 10.3 Å². The molecule has 3 rings (SSSR count). The number of carbonyl (C=O) groups is 1. The summed E-state index contributed by atoms with van der Waals surface area (Å²) >= 11 is 0. The Bertz CT molecular complexity index is 787. The quantitative estimate of drug-likeness (QED) is 0.741. The first-order valence-corrected chi connectivity index (χ1v) is 8.10. The van der Waals surface area contributed by atoms with Crippen LogP contribution in [0.25, 0.3) is 10.9 Å². The van der Waals surface area contributed by atoms with Gasteiger partial charge in [0.15, 0.2) is 0 Å². The molecule has 1 amide bonds. The fourth-order valence-electron chi connectivity index (χ4n) is 3.53. The number of H-pyrrole nitrogens is 1. The van der Waals surface area contributed by atoms with E-state index < -0.39 is 35.3 Å². The smallest absolute Gasteiger partial charge is 0.361 e. The third kappa shape index (κ3) is 2.83. The molecule has 26 heavy (non-hydrogen) atoms. The lowest BCUT2D eigenvalue weighted by Gasteiger charge is -2.38. The van der Waals surface area contributed by atoms with Crippen molar-refractivity contribution in [2.45, 2.75) is 43.6 Å². The van der Waals surface area contributed by atoms with Crippen molar-refractivity contribution in [3.05, 3.63) is 36.0 Å². The number of hydrogen-bond donors (Lipinski definition) is 2. The first-order valence-electron chi connectivity index (χ1n) is 8.10. The summed E-state index contributed by atoms with van der Waals surface area (Å²) in [5.74, 6) is -2.06. The number of aromatic amines is 1. The van der Waals surface area contributed by atoms with Crippen molar-refractivity contribution in [3.8, 4) is 0 Å². The molecule has 9 heteroatoms. The van der Waals surface area contributed by atoms with Crippen molar-refractivity contribution in [1.82, 2.24) is 10.3 Å². The molecule has 0 saturated heterocycles. The largest absolute Gasteiger partial charge is 0.424 e. The highest BCUT2D eigenvalue weighted by molar-refractivity contribution is 5.86. The van der Waals surface area contributed by atoms with Crippen LogP contribution < -0.4 is 5.32 Å². The first-order chi connectivity index (χ1) is 12.1. The summed E-state index contributed by atoms with van der Waals surface area (Å²) in [5.41, 5.74) is -5.41. The Kier molecular flexibility index (Phi) is 4.44. The zero-order valence-electron chi connectivity index (χ0n) is 13.5. The topological polar surface area (TPSA) is 44.9 Å². The lowest BCUT2D eigenvalue weighted by atomic mass is 9.86. The molecule has 1 heterocycles. The van der Waals surface area contributed by atoms with E-state index in [1.54, 1.807) is 0 Å². The van der Waals surface area contributed by atoms with E-state index in [1.807, 2.05) is 0 Å². The molecule has 1 aromatic heterocycles. The molecule has 0 atom stereocenters. The Morgan fingerprint density at radius 3 is 2.15 bits per heavy atom. The summed E-state index contributed by atoms with van der Waals surface area (Å²) in [6.45, 7) is 0. The number of benzene rings is 1. The summed E-state index contributed by atoms with van der Waals surface area (Å²) in [7, 11) is 0. The van der Waals surface area contributed by atoms with Gasteiger partial charge in [-0.15, -0.1) is 0 Å². The van der Waals surface area contributed by atoms with Crippen molar-refractivity contribution >= 4 is 16.8 Å². The Balaban J connectivity index is 2.19. The number of halogens is 6. The van der Waals surface area contributed by atoms with Gasteiger partial charge >= 0.3 is 12.4 Å². The number of carbonyl (C=O) groups excluding carboxylic acids is 1. The first kappa shape index (κ1) is 18.6. The van der Waals surface area contributed by atoms with Crippen LogP contribution >= 0.6 is 0 Å². The van der Waals surface area contributed by atoms with Gasteiger partial charge in [0.05, 0.1) is 0 Å². The number of aromatic nitrogens is 1. The monoisotopic (exact) mass is 378 g/mol. The number of alkyl halides is 6. The fourth-order valence-corrected chi connectivity index (χ4v) is 3.53. The summed E-state index contributed by atoms with van der Waals surface area (Å²) in [6.07, 6.45) is -9.10. The number of fused-ring (bicyclic) bond motifs is 1. The zero-order chi connectivity index (χ0) is 19.2. The standard InChI is InChI=1S/C17H16F6N2O/c18-16(19,20)15(17(21,22)23,25-14(26)10-5-1-2-6-10)12-9-24-13-8-4-3-7-11(12)13/h3-4,7-10,24H,1-2,5-6H2,(H,25,26). The van der Waals surface area contributed by atoms with Crippen molar-refractivity contribution in [2.24, 2.45) is 5.92 Å². The highest BCUT2D eigenvalue weighted by atomic mass is 19.4. The maximum atomic E-state index is 13.9. The van der Waals surface area contributed by atoms with Crippen LogP contribution in [0, 0.1) is 5.92 Å². The van der Waals surface area contributed by atoms with Gasteiger partial charge in [0.25, 0.3) is 5.54 Å². The fraction of sp³-hybridized carbons (Fsp3) is 0.471. The number of hydrogen-bond acceptors (Lipinski definition) is 1. The molecule has 0 unspecified atom stereocenters. The van der Waals surface area contributed by atoms with Gasteiger partial charge in [-0.05, 0) is 18.9 Å². The number of para-hydroxylation sites is 1. The molecule has 1 aliphatic carbocycles. The van der Waals surface area contributed by atoms with E-state index in [1.165, 1.54) is 23.5 Å². The Morgan fingerprint density at radius 1 is 1.00 bits per heavy atom. The Morgan fingerprint density at radius 2 is 1.58 bits per heavy atom. The molecule has 3 nitrogen and oxygen atoms in total. The minimum Gasteiger partial charge on any atom is -0.361 e. The van der Waals surface area contributed by atoms with Gasteiger partial charge in [-0.1, -0.05) is 31.0 Å². The predicted octanol–water partition coefficient (Wildman–Crippen LogP) is 4.79. The second-order valence-electron chi connectivity index (χ2n) is 6.46. The van der Waals surface area contributed by atoms with Crippen LogP contribution in [-0.4, -0.2) is 23.2 Å². The van der Waals surface area contributed by atoms with Crippen LogP contribution in [0.2, 0.25) is 0 Å². The van der Waals surface area contributed by atoms with Crippen LogP contribution in [0.1, 0.15) is 31.2 Å². The summed E-state index contributed by atoms with van der Waals surface area (Å²) in [4.78, 5) is 14.7. The lowest BCUT2D eigenvalue weighted by Crippen LogP contribution is -2.65. The van der Waals surface area contributed by atoms with Crippen LogP contribution in [0.15, 0.2) is 30.5 Å². The van der Waals surface area contributed by atoms with Crippen molar-refractivity contribution in [2.75, 3.05) is 0 Å². The maximum Gasteiger partial charge on any atom is 0.424 e. The second kappa shape index (κ2) is 6.21. The van der Waals surface area contributed by atoms with Gasteiger partial charge in [0.1, 0.15) is 0 Å². The maximum absolute atomic E-state index is 13.9. The third-order valence-corrected chi connectivity index (χ3v) is 4.88. The Hall–Kier alpha value is -2.19. The second-order valence-corrected chi connectivity index (χ2v) is 6.46. The number of rotatable bonds is 3.